The average molecular weight is 303 g/mol. The third kappa shape index (κ3) is 2.78. The van der Waals surface area contributed by atoms with E-state index in [1.807, 2.05) is 36.4 Å². The second kappa shape index (κ2) is 5.15. The van der Waals surface area contributed by atoms with Crippen LogP contribution in [0.15, 0.2) is 42.5 Å². The lowest BCUT2D eigenvalue weighted by Crippen LogP contribution is -2.37. The zero-order valence-corrected chi connectivity index (χ0v) is 12.6. The first-order chi connectivity index (χ1) is 9.96. The van der Waals surface area contributed by atoms with Crippen LogP contribution in [0, 0.1) is 0 Å². The molecule has 4 nitrogen and oxygen atoms in total. The van der Waals surface area contributed by atoms with E-state index >= 15 is 0 Å². The fraction of sp³-hybridized carbons (Fsp3) is 0.312. The molecule has 0 spiro atoms. The maximum absolute atomic E-state index is 12.5. The number of fused-ring (bicyclic) bond motifs is 1. The minimum atomic E-state index is -2.98. The number of rotatable bonds is 2. The molecule has 1 amide bonds. The lowest BCUT2D eigenvalue weighted by atomic mass is 10.1. The van der Waals surface area contributed by atoms with Gasteiger partial charge in [-0.15, -0.1) is 0 Å². The van der Waals surface area contributed by atoms with E-state index in [9.17, 15) is 13.2 Å². The highest BCUT2D eigenvalue weighted by molar-refractivity contribution is 7.91. The normalized spacial score (nSPS) is 20.5. The van der Waals surface area contributed by atoms with Crippen LogP contribution in [0.2, 0.25) is 0 Å². The van der Waals surface area contributed by atoms with E-state index in [1.165, 1.54) is 0 Å². The van der Waals surface area contributed by atoms with Crippen LogP contribution in [-0.4, -0.2) is 43.8 Å². The summed E-state index contributed by atoms with van der Waals surface area (Å²) < 4.78 is 23.1. The molecular formula is C16H17NO3S. The molecule has 0 saturated carbocycles. The smallest absolute Gasteiger partial charge is 0.253 e. The van der Waals surface area contributed by atoms with Gasteiger partial charge in [-0.3, -0.25) is 4.79 Å². The van der Waals surface area contributed by atoms with E-state index in [-0.39, 0.29) is 23.5 Å². The molecule has 110 valence electrons. The summed E-state index contributed by atoms with van der Waals surface area (Å²) in [5, 5.41) is 2.09. The van der Waals surface area contributed by atoms with Gasteiger partial charge in [0.25, 0.3) is 5.91 Å². The SMILES string of the molecule is CN(C(=O)c1ccc2ccccc2c1)[C@H]1CCS(=O)(=O)C1. The lowest BCUT2D eigenvalue weighted by Gasteiger charge is -2.23. The number of amides is 1. The van der Waals surface area contributed by atoms with Crippen molar-refractivity contribution in [3.05, 3.63) is 48.0 Å². The molecule has 0 unspecified atom stereocenters. The summed E-state index contributed by atoms with van der Waals surface area (Å²) in [7, 11) is -1.30. The number of sulfone groups is 1. The van der Waals surface area contributed by atoms with Crippen molar-refractivity contribution in [1.29, 1.82) is 0 Å². The molecule has 1 saturated heterocycles. The van der Waals surface area contributed by atoms with Gasteiger partial charge in [-0.05, 0) is 29.3 Å². The second-order valence-corrected chi connectivity index (χ2v) is 7.76. The maximum Gasteiger partial charge on any atom is 0.253 e. The lowest BCUT2D eigenvalue weighted by molar-refractivity contribution is 0.0748. The van der Waals surface area contributed by atoms with Gasteiger partial charge in [-0.2, -0.15) is 0 Å². The fourth-order valence-corrected chi connectivity index (χ4v) is 4.55. The first kappa shape index (κ1) is 14.1. The van der Waals surface area contributed by atoms with Gasteiger partial charge in [0, 0.05) is 18.7 Å². The summed E-state index contributed by atoms with van der Waals surface area (Å²) in [4.78, 5) is 14.1. The van der Waals surface area contributed by atoms with E-state index in [0.717, 1.165) is 10.8 Å². The van der Waals surface area contributed by atoms with Gasteiger partial charge in [-0.25, -0.2) is 8.42 Å². The molecule has 1 aliphatic rings. The Labute approximate surface area is 124 Å². The second-order valence-electron chi connectivity index (χ2n) is 5.53. The predicted octanol–water partition coefficient (Wildman–Crippen LogP) is 2.10. The van der Waals surface area contributed by atoms with Gasteiger partial charge >= 0.3 is 0 Å². The molecule has 3 rings (SSSR count). The molecule has 2 aromatic carbocycles. The average Bonchev–Trinajstić information content (AvgIpc) is 2.85. The number of hydrogen-bond acceptors (Lipinski definition) is 3. The third-order valence-corrected chi connectivity index (χ3v) is 5.82. The van der Waals surface area contributed by atoms with Crippen molar-refractivity contribution in [2.75, 3.05) is 18.6 Å². The van der Waals surface area contributed by atoms with Crippen molar-refractivity contribution in [2.45, 2.75) is 12.5 Å². The van der Waals surface area contributed by atoms with Crippen LogP contribution in [0.25, 0.3) is 10.8 Å². The number of carbonyl (C=O) groups is 1. The third-order valence-electron chi connectivity index (χ3n) is 4.07. The van der Waals surface area contributed by atoms with E-state index in [1.54, 1.807) is 18.0 Å². The Morgan fingerprint density at radius 3 is 2.52 bits per heavy atom. The minimum Gasteiger partial charge on any atom is -0.338 e. The molecular weight excluding hydrogens is 286 g/mol. The molecule has 1 aliphatic heterocycles. The predicted molar refractivity (Wildman–Crippen MR) is 83.1 cm³/mol. The van der Waals surface area contributed by atoms with Gasteiger partial charge < -0.3 is 4.90 Å². The number of benzene rings is 2. The van der Waals surface area contributed by atoms with E-state index in [4.69, 9.17) is 0 Å². The van der Waals surface area contributed by atoms with Crippen molar-refractivity contribution in [3.63, 3.8) is 0 Å². The van der Waals surface area contributed by atoms with Gasteiger partial charge in [0.2, 0.25) is 0 Å². The Kier molecular flexibility index (Phi) is 3.45. The van der Waals surface area contributed by atoms with Crippen LogP contribution >= 0.6 is 0 Å². The fourth-order valence-electron chi connectivity index (χ4n) is 2.77. The molecule has 1 heterocycles. The summed E-state index contributed by atoms with van der Waals surface area (Å²) in [6.45, 7) is 0. The van der Waals surface area contributed by atoms with Crippen LogP contribution in [0.5, 0.6) is 0 Å². The molecule has 1 fully saturated rings. The van der Waals surface area contributed by atoms with Crippen LogP contribution < -0.4 is 0 Å². The maximum atomic E-state index is 12.5. The van der Waals surface area contributed by atoms with Gasteiger partial charge in [0.15, 0.2) is 9.84 Å². The quantitative estimate of drug-likeness (QED) is 0.853. The van der Waals surface area contributed by atoms with E-state index in [0.29, 0.717) is 12.0 Å². The summed E-state index contributed by atoms with van der Waals surface area (Å²) in [6, 6.07) is 13.2. The monoisotopic (exact) mass is 303 g/mol. The van der Waals surface area contributed by atoms with Gasteiger partial charge in [0.1, 0.15) is 0 Å². The van der Waals surface area contributed by atoms with Crippen LogP contribution in [0.4, 0.5) is 0 Å². The van der Waals surface area contributed by atoms with E-state index in [2.05, 4.69) is 0 Å². The minimum absolute atomic E-state index is 0.0722. The van der Waals surface area contributed by atoms with Crippen molar-refractivity contribution in [1.82, 2.24) is 4.90 Å². The first-order valence-electron chi connectivity index (χ1n) is 6.93. The highest BCUT2D eigenvalue weighted by atomic mass is 32.2. The summed E-state index contributed by atoms with van der Waals surface area (Å²) in [5.41, 5.74) is 0.598. The highest BCUT2D eigenvalue weighted by Gasteiger charge is 2.33. The van der Waals surface area contributed by atoms with Crippen molar-refractivity contribution in [2.24, 2.45) is 0 Å². The Bertz CT molecular complexity index is 798. The Morgan fingerprint density at radius 1 is 1.14 bits per heavy atom. The van der Waals surface area contributed by atoms with Crippen molar-refractivity contribution in [3.8, 4) is 0 Å². The molecule has 0 aliphatic carbocycles. The molecule has 2 aromatic rings. The zero-order valence-electron chi connectivity index (χ0n) is 11.8. The highest BCUT2D eigenvalue weighted by Crippen LogP contribution is 2.21. The first-order valence-corrected chi connectivity index (χ1v) is 8.75. The van der Waals surface area contributed by atoms with Gasteiger partial charge in [-0.1, -0.05) is 30.3 Å². The molecule has 0 aromatic heterocycles. The van der Waals surface area contributed by atoms with Crippen LogP contribution in [0.1, 0.15) is 16.8 Å². The molecule has 0 radical (unpaired) electrons. The Balaban J connectivity index is 1.86. The number of carbonyl (C=O) groups excluding carboxylic acids is 1. The summed E-state index contributed by atoms with van der Waals surface area (Å²) in [6.07, 6.45) is 0.526. The van der Waals surface area contributed by atoms with Crippen molar-refractivity contribution < 1.29 is 13.2 Å². The largest absolute Gasteiger partial charge is 0.338 e. The topological polar surface area (TPSA) is 54.5 Å². The van der Waals surface area contributed by atoms with E-state index < -0.39 is 9.84 Å². The number of hydrogen-bond donors (Lipinski definition) is 0. The van der Waals surface area contributed by atoms with Crippen molar-refractivity contribution >= 4 is 26.5 Å². The summed E-state index contributed by atoms with van der Waals surface area (Å²) >= 11 is 0. The zero-order chi connectivity index (χ0) is 15.0. The summed E-state index contributed by atoms with van der Waals surface area (Å²) in [5.74, 6) is 0.124. The van der Waals surface area contributed by atoms with Crippen LogP contribution in [0.3, 0.4) is 0 Å². The van der Waals surface area contributed by atoms with Crippen LogP contribution in [-0.2, 0) is 9.84 Å². The standard InChI is InChI=1S/C16H17NO3S/c1-17(15-8-9-21(19,20)11-15)16(18)14-7-6-12-4-2-3-5-13(12)10-14/h2-7,10,15H,8-9,11H2,1H3/t15-/m0/s1. The number of nitrogens with zero attached hydrogens (tertiary/aromatic N) is 1. The molecule has 1 atom stereocenters. The Morgan fingerprint density at radius 2 is 1.86 bits per heavy atom. The molecule has 0 bridgehead atoms. The molecule has 5 heteroatoms. The molecule has 21 heavy (non-hydrogen) atoms. The van der Waals surface area contributed by atoms with Gasteiger partial charge in [0.05, 0.1) is 11.5 Å². The molecule has 0 N–H and O–H groups in total. The Hall–Kier alpha value is -1.88.